The summed E-state index contributed by atoms with van der Waals surface area (Å²) in [4.78, 5) is 0.307. The molecule has 0 fully saturated rings. The highest BCUT2D eigenvalue weighted by atomic mass is 32.2. The van der Waals surface area contributed by atoms with E-state index in [-0.39, 0.29) is 34.5 Å². The van der Waals surface area contributed by atoms with Crippen molar-refractivity contribution in [1.29, 1.82) is 0 Å². The van der Waals surface area contributed by atoms with Crippen LogP contribution < -0.4 is 9.62 Å². The molecule has 2 rings (SSSR count). The third kappa shape index (κ3) is 4.47. The monoisotopic (exact) mass is 356 g/mol. The van der Waals surface area contributed by atoms with Crippen LogP contribution in [0.1, 0.15) is 33.9 Å². The van der Waals surface area contributed by atoms with Crippen LogP contribution in [0.4, 0.5) is 5.69 Å². The Morgan fingerprint density at radius 1 is 1.04 bits per heavy atom. The normalized spacial score (nSPS) is 16.5. The Bertz CT molecular complexity index is 947. The number of hydrogen-bond donors (Lipinski definition) is 2. The van der Waals surface area contributed by atoms with Gasteiger partial charge in [0.15, 0.2) is 0 Å². The predicted molar refractivity (Wildman–Crippen MR) is 99.0 cm³/mol. The highest BCUT2D eigenvalue weighted by molar-refractivity contribution is 7.89. The number of rotatable bonds is 9. The summed E-state index contributed by atoms with van der Waals surface area (Å²) in [6, 6.07) is 8.67. The van der Waals surface area contributed by atoms with Gasteiger partial charge in [-0.3, -0.25) is 0 Å². The summed E-state index contributed by atoms with van der Waals surface area (Å²) in [5, 5.41) is 9.23. The van der Waals surface area contributed by atoms with Crippen LogP contribution in [-0.4, -0.2) is 40.6 Å². The van der Waals surface area contributed by atoms with Gasteiger partial charge in [-0.2, -0.15) is 0 Å². The predicted octanol–water partition coefficient (Wildman–Crippen LogP) is 2.74. The molecule has 0 aliphatic carbocycles. The fraction of sp³-hybridized carbons (Fsp3) is 0.444. The van der Waals surface area contributed by atoms with E-state index in [2.05, 4.69) is 4.72 Å². The molecule has 0 aromatic heterocycles. The van der Waals surface area contributed by atoms with Crippen LogP contribution in [0, 0.1) is 0 Å². The van der Waals surface area contributed by atoms with Crippen LogP contribution >= 0.6 is 0 Å². The molecule has 0 aliphatic heterocycles. The van der Waals surface area contributed by atoms with Crippen molar-refractivity contribution in [1.82, 2.24) is 4.72 Å². The molecule has 0 unspecified atom stereocenters. The molecule has 0 amide bonds. The van der Waals surface area contributed by atoms with Gasteiger partial charge in [-0.25, -0.2) is 13.1 Å². The van der Waals surface area contributed by atoms with E-state index in [4.69, 9.17) is 13.3 Å². The number of fused-ring (bicyclic) bond motifs is 1. The average molecular weight is 357 g/mol. The Hall–Kier alpha value is -1.63. The summed E-state index contributed by atoms with van der Waals surface area (Å²) < 4.78 is 74.1. The molecule has 0 radical (unpaired) electrons. The van der Waals surface area contributed by atoms with Gasteiger partial charge >= 0.3 is 0 Å². The second kappa shape index (κ2) is 8.46. The van der Waals surface area contributed by atoms with Crippen LogP contribution in [0.15, 0.2) is 41.3 Å². The van der Waals surface area contributed by atoms with E-state index in [1.807, 2.05) is 0 Å². The maximum Gasteiger partial charge on any atom is 0.241 e. The van der Waals surface area contributed by atoms with Crippen molar-refractivity contribution < 1.29 is 21.7 Å². The maximum atomic E-state index is 12.8. The van der Waals surface area contributed by atoms with Gasteiger partial charge in [-0.15, -0.1) is 0 Å². The Balaban J connectivity index is 2.42. The summed E-state index contributed by atoms with van der Waals surface area (Å²) in [5.74, 6) is 0. The quantitative estimate of drug-likeness (QED) is 0.678. The number of hydrogen-bond acceptors (Lipinski definition) is 4. The number of aliphatic hydroxyl groups excluding tert-OH is 1. The molecule has 0 spiro atoms. The average Bonchev–Trinajstić information content (AvgIpc) is 2.62. The minimum atomic E-state index is -3.89. The number of anilines is 1. The minimum absolute atomic E-state index is 0.0479. The summed E-state index contributed by atoms with van der Waals surface area (Å²) in [7, 11) is -3.89. The van der Waals surface area contributed by atoms with Crippen molar-refractivity contribution >= 4 is 26.5 Å². The Morgan fingerprint density at radius 2 is 1.75 bits per heavy atom. The third-order valence-corrected chi connectivity index (χ3v) is 5.29. The van der Waals surface area contributed by atoms with Crippen LogP contribution in [-0.2, 0) is 10.0 Å². The largest absolute Gasteiger partial charge is 0.396 e. The Morgan fingerprint density at radius 3 is 2.50 bits per heavy atom. The van der Waals surface area contributed by atoms with Crippen LogP contribution in [0.25, 0.3) is 10.8 Å². The lowest BCUT2D eigenvalue weighted by molar-refractivity contribution is 0.282. The molecular weight excluding hydrogens is 324 g/mol. The van der Waals surface area contributed by atoms with E-state index in [1.54, 1.807) is 0 Å². The number of nitrogens with one attached hydrogen (secondary N) is 1. The van der Waals surface area contributed by atoms with E-state index in [0.29, 0.717) is 17.7 Å². The van der Waals surface area contributed by atoms with Crippen molar-refractivity contribution in [2.45, 2.75) is 30.6 Å². The van der Waals surface area contributed by atoms with Crippen molar-refractivity contribution in [2.75, 3.05) is 32.0 Å². The molecule has 0 atom stereocenters. The lowest BCUT2D eigenvalue weighted by Crippen LogP contribution is -2.25. The standard InChI is InChI=1S/C18H26N2O3S/c1-20(2)17-11-7-10-16-15(17)9-8-12-18(16)24(22,23)19-13-5-3-4-6-14-21/h7-12,19,21H,3-6,13-14H2,1-2H3/i1D3,2D3. The van der Waals surface area contributed by atoms with Gasteiger partial charge in [0, 0.05) is 51.8 Å². The zero-order valence-electron chi connectivity index (χ0n) is 19.3. The smallest absolute Gasteiger partial charge is 0.241 e. The first-order valence-electron chi connectivity index (χ1n) is 10.8. The number of aliphatic hydroxyl groups is 1. The lowest BCUT2D eigenvalue weighted by Gasteiger charge is -2.17. The van der Waals surface area contributed by atoms with Crippen molar-refractivity contribution in [3.63, 3.8) is 0 Å². The van der Waals surface area contributed by atoms with Crippen molar-refractivity contribution in [3.8, 4) is 0 Å². The second-order valence-corrected chi connectivity index (χ2v) is 7.23. The Kier molecular flexibility index (Phi) is 4.18. The van der Waals surface area contributed by atoms with Gasteiger partial charge in [-0.1, -0.05) is 37.1 Å². The van der Waals surface area contributed by atoms with Gasteiger partial charge < -0.3 is 10.0 Å². The number of sulfonamides is 1. The molecule has 0 heterocycles. The summed E-state index contributed by atoms with van der Waals surface area (Å²) in [6.45, 7) is -5.56. The molecule has 6 heteroatoms. The number of unbranched alkanes of at least 4 members (excludes halogenated alkanes) is 3. The fourth-order valence-corrected chi connectivity index (χ4v) is 3.86. The molecule has 24 heavy (non-hydrogen) atoms. The lowest BCUT2D eigenvalue weighted by atomic mass is 10.1. The zero-order valence-corrected chi connectivity index (χ0v) is 14.1. The summed E-state index contributed by atoms with van der Waals surface area (Å²) in [5.41, 5.74) is -0.0893. The highest BCUT2D eigenvalue weighted by Crippen LogP contribution is 2.30. The second-order valence-electron chi connectivity index (χ2n) is 5.50. The minimum Gasteiger partial charge on any atom is -0.396 e. The van der Waals surface area contributed by atoms with Gasteiger partial charge in [0.05, 0.1) is 4.90 Å². The van der Waals surface area contributed by atoms with E-state index < -0.39 is 24.0 Å². The van der Waals surface area contributed by atoms with Gasteiger partial charge in [0.2, 0.25) is 10.0 Å². The van der Waals surface area contributed by atoms with Crippen LogP contribution in [0.5, 0.6) is 0 Å². The van der Waals surface area contributed by atoms with E-state index >= 15 is 0 Å². The molecule has 132 valence electrons. The SMILES string of the molecule is [2H]C([2H])([2H])N(c1cccc2c(S(=O)(=O)NCCCCCCO)cccc12)C([2H])([2H])[2H]. The molecular formula is C18H26N2O3S. The molecule has 2 N–H and O–H groups in total. The molecule has 0 saturated carbocycles. The van der Waals surface area contributed by atoms with Crippen LogP contribution in [0.2, 0.25) is 0 Å². The van der Waals surface area contributed by atoms with E-state index in [1.165, 1.54) is 36.4 Å². The van der Waals surface area contributed by atoms with Gasteiger partial charge in [-0.05, 0) is 25.0 Å². The Labute approximate surface area is 152 Å². The first-order chi connectivity index (χ1) is 13.9. The van der Waals surface area contributed by atoms with E-state index in [9.17, 15) is 8.42 Å². The molecule has 5 nitrogen and oxygen atoms in total. The number of nitrogens with zero attached hydrogens (tertiary/aromatic N) is 1. The van der Waals surface area contributed by atoms with Gasteiger partial charge in [0.1, 0.15) is 0 Å². The summed E-state index contributed by atoms with van der Waals surface area (Å²) >= 11 is 0. The first kappa shape index (κ1) is 11.8. The van der Waals surface area contributed by atoms with Crippen molar-refractivity contribution in [2.24, 2.45) is 0 Å². The molecule has 0 bridgehead atoms. The fourth-order valence-electron chi connectivity index (χ4n) is 2.57. The van der Waals surface area contributed by atoms with E-state index in [0.717, 1.165) is 12.8 Å². The van der Waals surface area contributed by atoms with Crippen molar-refractivity contribution in [3.05, 3.63) is 36.4 Å². The maximum absolute atomic E-state index is 12.8. The summed E-state index contributed by atoms with van der Waals surface area (Å²) in [6.07, 6.45) is 2.86. The first-order valence-corrected chi connectivity index (χ1v) is 9.30. The highest BCUT2D eigenvalue weighted by Gasteiger charge is 2.17. The zero-order chi connectivity index (χ0) is 22.6. The molecule has 2 aromatic rings. The molecule has 0 aliphatic rings. The topological polar surface area (TPSA) is 69.6 Å². The molecule has 2 aromatic carbocycles. The van der Waals surface area contributed by atoms with Crippen LogP contribution in [0.3, 0.4) is 0 Å². The third-order valence-electron chi connectivity index (χ3n) is 3.77. The molecule has 0 saturated heterocycles. The van der Waals surface area contributed by atoms with Gasteiger partial charge in [0.25, 0.3) is 0 Å². The number of benzene rings is 2.